The first kappa shape index (κ1) is 10.6. The molecule has 76 valence electrons. The summed E-state index contributed by atoms with van der Waals surface area (Å²) in [5, 5.41) is 0. The minimum absolute atomic E-state index is 0.348. The van der Waals surface area contributed by atoms with Gasteiger partial charge in [-0.15, -0.1) is 6.58 Å². The largest absolute Gasteiger partial charge is 0.454 e. The van der Waals surface area contributed by atoms with Gasteiger partial charge < -0.3 is 4.57 Å². The Morgan fingerprint density at radius 1 is 1.57 bits per heavy atom. The molecule has 0 bridgehead atoms. The molecule has 1 aromatic heterocycles. The summed E-state index contributed by atoms with van der Waals surface area (Å²) in [6.07, 6.45) is -0.722. The van der Waals surface area contributed by atoms with E-state index in [1.54, 1.807) is 0 Å². The average molecular weight is 203 g/mol. The average Bonchev–Trinajstić information content (AvgIpc) is 2.50. The van der Waals surface area contributed by atoms with Crippen LogP contribution in [0.1, 0.15) is 10.4 Å². The number of ketones is 1. The van der Waals surface area contributed by atoms with Gasteiger partial charge in [0.15, 0.2) is 0 Å². The smallest absolute Gasteiger partial charge is 0.350 e. The summed E-state index contributed by atoms with van der Waals surface area (Å²) in [4.78, 5) is 10.7. The molecule has 0 aliphatic rings. The second kappa shape index (κ2) is 3.69. The third-order valence-electron chi connectivity index (χ3n) is 1.61. The van der Waals surface area contributed by atoms with Crippen molar-refractivity contribution in [3.8, 4) is 0 Å². The third-order valence-corrected chi connectivity index (χ3v) is 1.61. The van der Waals surface area contributed by atoms with Crippen LogP contribution in [0, 0.1) is 0 Å². The van der Waals surface area contributed by atoms with E-state index in [1.807, 2.05) is 0 Å². The van der Waals surface area contributed by atoms with Gasteiger partial charge in [-0.2, -0.15) is 13.2 Å². The molecule has 0 fully saturated rings. The first-order valence-corrected chi connectivity index (χ1v) is 3.83. The number of allylic oxidation sites excluding steroid dienone is 1. The number of Topliss-reactive ketones (excluding diaryl/α,β-unsaturated/α-hetero) is 1. The van der Waals surface area contributed by atoms with E-state index in [1.165, 1.54) is 16.8 Å². The van der Waals surface area contributed by atoms with Crippen molar-refractivity contribution in [2.75, 3.05) is 0 Å². The van der Waals surface area contributed by atoms with Crippen molar-refractivity contribution in [3.05, 3.63) is 36.7 Å². The van der Waals surface area contributed by atoms with Gasteiger partial charge in [-0.3, -0.25) is 4.79 Å². The first-order chi connectivity index (χ1) is 6.45. The van der Waals surface area contributed by atoms with Gasteiger partial charge in [0.05, 0.1) is 0 Å². The predicted octanol–water partition coefficient (Wildman–Crippen LogP) is 2.42. The molecule has 0 aromatic carbocycles. The quantitative estimate of drug-likeness (QED) is 0.546. The van der Waals surface area contributed by atoms with E-state index in [9.17, 15) is 18.0 Å². The van der Waals surface area contributed by atoms with E-state index < -0.39 is 12.0 Å². The lowest BCUT2D eigenvalue weighted by Crippen LogP contribution is -2.22. The highest BCUT2D eigenvalue weighted by molar-refractivity contribution is 6.00. The molecule has 2 nitrogen and oxygen atoms in total. The fraction of sp³-hybridized carbons (Fsp3) is 0.222. The third kappa shape index (κ3) is 2.25. The highest BCUT2D eigenvalue weighted by Gasteiger charge is 2.39. The lowest BCUT2D eigenvalue weighted by molar-refractivity contribution is -0.0885. The van der Waals surface area contributed by atoms with Crippen molar-refractivity contribution < 1.29 is 18.0 Å². The zero-order valence-electron chi connectivity index (χ0n) is 7.21. The molecule has 14 heavy (non-hydrogen) atoms. The number of nitrogens with zero attached hydrogens (tertiary/aromatic N) is 1. The standard InChI is InChI=1S/C9H8F3NO/c1-2-4-13-5-3-7(6-13)8(14)9(10,11)12/h2-3,5-6H,1,4H2. The number of carbonyl (C=O) groups excluding carboxylic acids is 1. The van der Waals surface area contributed by atoms with Gasteiger partial charge in [-0.25, -0.2) is 0 Å². The maximum atomic E-state index is 12.0. The van der Waals surface area contributed by atoms with E-state index in [0.717, 1.165) is 12.3 Å². The summed E-state index contributed by atoms with van der Waals surface area (Å²) in [7, 11) is 0. The molecule has 0 N–H and O–H groups in total. The normalized spacial score (nSPS) is 11.4. The van der Waals surface area contributed by atoms with Gasteiger partial charge >= 0.3 is 6.18 Å². The van der Waals surface area contributed by atoms with Gasteiger partial charge in [0.1, 0.15) is 0 Å². The fourth-order valence-electron chi connectivity index (χ4n) is 1.00. The molecule has 0 atom stereocenters. The number of alkyl halides is 3. The Bertz CT molecular complexity index is 351. The number of hydrogen-bond donors (Lipinski definition) is 0. The minimum atomic E-state index is -4.81. The van der Waals surface area contributed by atoms with Gasteiger partial charge in [-0.1, -0.05) is 6.08 Å². The molecule has 1 rings (SSSR count). The van der Waals surface area contributed by atoms with Crippen LogP contribution >= 0.6 is 0 Å². The summed E-state index contributed by atoms with van der Waals surface area (Å²) in [5.74, 6) is -1.82. The maximum absolute atomic E-state index is 12.0. The molecule has 0 saturated heterocycles. The molecule has 0 spiro atoms. The Labute approximate surface area is 78.6 Å². The van der Waals surface area contributed by atoms with Crippen molar-refractivity contribution in [2.24, 2.45) is 0 Å². The lowest BCUT2D eigenvalue weighted by atomic mass is 10.2. The number of halogens is 3. The molecule has 1 aromatic rings. The number of carbonyl (C=O) groups is 1. The van der Waals surface area contributed by atoms with Crippen molar-refractivity contribution >= 4 is 5.78 Å². The zero-order chi connectivity index (χ0) is 10.8. The van der Waals surface area contributed by atoms with Crippen LogP contribution in [0.25, 0.3) is 0 Å². The topological polar surface area (TPSA) is 22.0 Å². The highest BCUT2D eigenvalue weighted by Crippen LogP contribution is 2.21. The Balaban J connectivity index is 2.87. The second-order valence-corrected chi connectivity index (χ2v) is 2.71. The molecule has 0 unspecified atom stereocenters. The van der Waals surface area contributed by atoms with Crippen molar-refractivity contribution in [3.63, 3.8) is 0 Å². The van der Waals surface area contributed by atoms with Crippen LogP contribution in [-0.4, -0.2) is 16.5 Å². The summed E-state index contributed by atoms with van der Waals surface area (Å²) in [5.41, 5.74) is -0.348. The molecule has 1 heterocycles. The van der Waals surface area contributed by atoms with E-state index in [-0.39, 0.29) is 5.56 Å². The van der Waals surface area contributed by atoms with E-state index in [2.05, 4.69) is 6.58 Å². The molecule has 0 radical (unpaired) electrons. The molecule has 0 amide bonds. The Hall–Kier alpha value is -1.52. The first-order valence-electron chi connectivity index (χ1n) is 3.83. The second-order valence-electron chi connectivity index (χ2n) is 2.71. The maximum Gasteiger partial charge on any atom is 0.454 e. The monoisotopic (exact) mass is 203 g/mol. The minimum Gasteiger partial charge on any atom is -0.350 e. The van der Waals surface area contributed by atoms with E-state index >= 15 is 0 Å². The molecule has 5 heteroatoms. The van der Waals surface area contributed by atoms with Crippen LogP contribution in [0.3, 0.4) is 0 Å². The van der Waals surface area contributed by atoms with Crippen LogP contribution in [-0.2, 0) is 6.54 Å². The summed E-state index contributed by atoms with van der Waals surface area (Å²) in [6.45, 7) is 3.81. The van der Waals surface area contributed by atoms with Crippen molar-refractivity contribution in [1.29, 1.82) is 0 Å². The molecule has 0 aliphatic carbocycles. The highest BCUT2D eigenvalue weighted by atomic mass is 19.4. The summed E-state index contributed by atoms with van der Waals surface area (Å²) in [6, 6.07) is 1.14. The van der Waals surface area contributed by atoms with Crippen LogP contribution < -0.4 is 0 Å². The SMILES string of the molecule is C=CCn1ccc(C(=O)C(F)(F)F)c1. The number of aromatic nitrogens is 1. The Kier molecular flexibility index (Phi) is 2.78. The Morgan fingerprint density at radius 3 is 2.71 bits per heavy atom. The van der Waals surface area contributed by atoms with Gasteiger partial charge in [-0.05, 0) is 6.07 Å². The lowest BCUT2D eigenvalue weighted by Gasteiger charge is -2.01. The van der Waals surface area contributed by atoms with Crippen LogP contribution in [0.4, 0.5) is 13.2 Å². The van der Waals surface area contributed by atoms with Gasteiger partial charge in [0.2, 0.25) is 0 Å². The van der Waals surface area contributed by atoms with E-state index in [0.29, 0.717) is 6.54 Å². The fourth-order valence-corrected chi connectivity index (χ4v) is 1.00. The van der Waals surface area contributed by atoms with Crippen LogP contribution in [0.15, 0.2) is 31.1 Å². The number of rotatable bonds is 3. The molecule has 0 aliphatic heterocycles. The Morgan fingerprint density at radius 2 is 2.21 bits per heavy atom. The number of hydrogen-bond acceptors (Lipinski definition) is 1. The molecular weight excluding hydrogens is 195 g/mol. The zero-order valence-corrected chi connectivity index (χ0v) is 7.21. The predicted molar refractivity (Wildman–Crippen MR) is 45.0 cm³/mol. The van der Waals surface area contributed by atoms with Crippen LogP contribution in [0.5, 0.6) is 0 Å². The summed E-state index contributed by atoms with van der Waals surface area (Å²) < 4.78 is 37.3. The molecular formula is C9H8F3NO. The summed E-state index contributed by atoms with van der Waals surface area (Å²) >= 11 is 0. The molecule has 0 saturated carbocycles. The van der Waals surface area contributed by atoms with Gasteiger partial charge in [0.25, 0.3) is 5.78 Å². The van der Waals surface area contributed by atoms with Crippen LogP contribution in [0.2, 0.25) is 0 Å². The van der Waals surface area contributed by atoms with Crippen molar-refractivity contribution in [2.45, 2.75) is 12.7 Å². The van der Waals surface area contributed by atoms with E-state index in [4.69, 9.17) is 0 Å². The van der Waals surface area contributed by atoms with Gasteiger partial charge in [0, 0.05) is 24.5 Å². The van der Waals surface area contributed by atoms with Crippen molar-refractivity contribution in [1.82, 2.24) is 4.57 Å².